The second-order valence-corrected chi connectivity index (χ2v) is 9.35. The summed E-state index contributed by atoms with van der Waals surface area (Å²) in [6.07, 6.45) is -1.04. The number of carbonyl (C=O) groups excluding carboxylic acids is 2. The van der Waals surface area contributed by atoms with Crippen molar-refractivity contribution >= 4 is 32.0 Å². The Kier molecular flexibility index (Phi) is 5.92. The van der Waals surface area contributed by atoms with Gasteiger partial charge >= 0.3 is 6.09 Å². The number of aliphatic carboxylic acids is 1. The monoisotopic (exact) mass is 421 g/mol. The van der Waals surface area contributed by atoms with E-state index in [1.807, 2.05) is 53.8 Å². The summed E-state index contributed by atoms with van der Waals surface area (Å²) < 4.78 is 37.1. The summed E-state index contributed by atoms with van der Waals surface area (Å²) in [4.78, 5) is 23.0. The molecular formula is C18H15NO7S2-2. The second-order valence-electron chi connectivity index (χ2n) is 6.03. The molecule has 2 aromatic carbocycles. The number of alkyl carbamates (subject to hydrolysis) is 1. The Morgan fingerprint density at radius 3 is 2.11 bits per heavy atom. The molecule has 28 heavy (non-hydrogen) atoms. The van der Waals surface area contributed by atoms with Crippen LogP contribution >= 0.6 is 10.8 Å². The Morgan fingerprint density at radius 1 is 1.07 bits per heavy atom. The highest BCUT2D eigenvalue weighted by atomic mass is 33.1. The summed E-state index contributed by atoms with van der Waals surface area (Å²) in [6, 6.07) is 13.7. The van der Waals surface area contributed by atoms with E-state index in [9.17, 15) is 27.7 Å². The van der Waals surface area contributed by atoms with Crippen LogP contribution in [0.15, 0.2) is 48.5 Å². The molecule has 0 saturated heterocycles. The van der Waals surface area contributed by atoms with Gasteiger partial charge in [-0.2, -0.15) is 0 Å². The number of hydrogen-bond donors (Lipinski definition) is 1. The fourth-order valence-corrected chi connectivity index (χ4v) is 4.53. The number of benzene rings is 2. The molecule has 0 heterocycles. The van der Waals surface area contributed by atoms with Gasteiger partial charge in [0, 0.05) is 11.7 Å². The Hall–Kier alpha value is -2.56. The zero-order valence-electron chi connectivity index (χ0n) is 14.4. The molecule has 1 aliphatic carbocycles. The number of amides is 1. The minimum Gasteiger partial charge on any atom is -0.739 e. The van der Waals surface area contributed by atoms with Crippen LogP contribution in [0.4, 0.5) is 4.79 Å². The molecule has 3 rings (SSSR count). The molecule has 0 unspecified atom stereocenters. The van der Waals surface area contributed by atoms with Crippen molar-refractivity contribution in [3.8, 4) is 11.1 Å². The van der Waals surface area contributed by atoms with Gasteiger partial charge in [-0.05, 0) is 33.0 Å². The lowest BCUT2D eigenvalue weighted by Crippen LogP contribution is -2.49. The third kappa shape index (κ3) is 4.64. The van der Waals surface area contributed by atoms with Gasteiger partial charge in [0.1, 0.15) is 15.8 Å². The molecule has 0 saturated carbocycles. The summed E-state index contributed by atoms with van der Waals surface area (Å²) in [7, 11) is -4.83. The molecule has 1 N–H and O–H groups in total. The third-order valence-electron chi connectivity index (χ3n) is 4.30. The van der Waals surface area contributed by atoms with Crippen molar-refractivity contribution in [3.63, 3.8) is 0 Å². The topological polar surface area (TPSA) is 136 Å². The highest BCUT2D eigenvalue weighted by Crippen LogP contribution is 2.44. The normalized spacial score (nSPS) is 14.0. The van der Waals surface area contributed by atoms with E-state index in [2.05, 4.69) is 0 Å². The molecule has 10 heteroatoms. The van der Waals surface area contributed by atoms with E-state index in [4.69, 9.17) is 4.74 Å². The van der Waals surface area contributed by atoms with Crippen molar-refractivity contribution in [3.05, 3.63) is 59.7 Å². The van der Waals surface area contributed by atoms with Gasteiger partial charge in [-0.25, -0.2) is 13.2 Å². The summed E-state index contributed by atoms with van der Waals surface area (Å²) >= 11 is 0. The van der Waals surface area contributed by atoms with Gasteiger partial charge in [-0.15, -0.1) is 0 Å². The Balaban J connectivity index is 1.66. The molecule has 0 aromatic heterocycles. The van der Waals surface area contributed by atoms with Crippen molar-refractivity contribution in [2.45, 2.75) is 12.0 Å². The standard InChI is InChI=1S/C18H17NO7S2/c20-17(21)16(10-27-28(23,24)25)19-18(22)26-9-15-13-7-3-1-5-11(13)12-6-2-4-8-14(12)15/h1-8,15-16H,9-10H2,(H,19,22)(H,20,21)(H,23,24,25)/p-2/t16-/m0/s1. The minimum atomic E-state index is -4.70. The Labute approximate surface area is 165 Å². The van der Waals surface area contributed by atoms with Gasteiger partial charge in [0.25, 0.3) is 0 Å². The van der Waals surface area contributed by atoms with Crippen molar-refractivity contribution in [1.29, 1.82) is 0 Å². The van der Waals surface area contributed by atoms with Crippen LogP contribution in [0.2, 0.25) is 0 Å². The predicted molar refractivity (Wildman–Crippen MR) is 99.2 cm³/mol. The number of hydrogen-bond acceptors (Lipinski definition) is 8. The van der Waals surface area contributed by atoms with E-state index in [1.54, 1.807) is 0 Å². The molecular weight excluding hydrogens is 406 g/mol. The zero-order valence-corrected chi connectivity index (χ0v) is 16.0. The Bertz CT molecular complexity index is 961. The van der Waals surface area contributed by atoms with E-state index in [-0.39, 0.29) is 23.3 Å². The molecule has 0 radical (unpaired) electrons. The fourth-order valence-electron chi connectivity index (χ4n) is 3.10. The quantitative estimate of drug-likeness (QED) is 0.513. The van der Waals surface area contributed by atoms with Crippen LogP contribution in [0, 0.1) is 0 Å². The maximum Gasteiger partial charge on any atom is 0.407 e. The fraction of sp³-hybridized carbons (Fsp3) is 0.222. The molecule has 8 nitrogen and oxygen atoms in total. The van der Waals surface area contributed by atoms with Crippen LogP contribution < -0.4 is 10.4 Å². The van der Waals surface area contributed by atoms with Gasteiger partial charge in [0.15, 0.2) is 0 Å². The number of rotatable bonds is 7. The molecule has 148 valence electrons. The molecule has 0 bridgehead atoms. The van der Waals surface area contributed by atoms with Gasteiger partial charge in [0.05, 0.1) is 12.0 Å². The average molecular weight is 421 g/mol. The molecule has 1 atom stereocenters. The maximum atomic E-state index is 12.0. The van der Waals surface area contributed by atoms with Crippen molar-refractivity contribution in [1.82, 2.24) is 5.32 Å². The summed E-state index contributed by atoms with van der Waals surface area (Å²) in [5.74, 6) is -2.61. The lowest BCUT2D eigenvalue weighted by molar-refractivity contribution is -0.307. The maximum absolute atomic E-state index is 12.0. The minimum absolute atomic E-state index is 0.0351. The smallest absolute Gasteiger partial charge is 0.407 e. The molecule has 1 aliphatic rings. The van der Waals surface area contributed by atoms with E-state index in [0.717, 1.165) is 22.3 Å². The largest absolute Gasteiger partial charge is 0.739 e. The van der Waals surface area contributed by atoms with Gasteiger partial charge in [0.2, 0.25) is 0 Å². The first-order valence-electron chi connectivity index (χ1n) is 8.19. The molecule has 0 aliphatic heterocycles. The van der Waals surface area contributed by atoms with E-state index in [0.29, 0.717) is 0 Å². The average Bonchev–Trinajstić information content (AvgIpc) is 2.96. The lowest BCUT2D eigenvalue weighted by atomic mass is 9.98. The van der Waals surface area contributed by atoms with Crippen LogP contribution in [-0.2, 0) is 18.7 Å². The van der Waals surface area contributed by atoms with Gasteiger partial charge in [-0.3, -0.25) is 0 Å². The van der Waals surface area contributed by atoms with E-state index < -0.39 is 33.0 Å². The number of fused-ring (bicyclic) bond motifs is 3. The van der Waals surface area contributed by atoms with Gasteiger partial charge in [-0.1, -0.05) is 48.5 Å². The third-order valence-corrected chi connectivity index (χ3v) is 6.33. The zero-order chi connectivity index (χ0) is 20.3. The lowest BCUT2D eigenvalue weighted by Gasteiger charge is -2.20. The summed E-state index contributed by atoms with van der Waals surface area (Å²) in [6.45, 7) is -0.0351. The van der Waals surface area contributed by atoms with Crippen LogP contribution in [-0.4, -0.2) is 43.4 Å². The summed E-state index contributed by atoms with van der Waals surface area (Å²) in [5.41, 5.74) is 4.05. The van der Waals surface area contributed by atoms with Crippen LogP contribution in [0.1, 0.15) is 17.0 Å². The summed E-state index contributed by atoms with van der Waals surface area (Å²) in [5, 5.41) is 13.1. The van der Waals surface area contributed by atoms with Crippen molar-refractivity contribution < 1.29 is 32.4 Å². The molecule has 2 aromatic rings. The van der Waals surface area contributed by atoms with Crippen molar-refractivity contribution in [2.24, 2.45) is 0 Å². The van der Waals surface area contributed by atoms with Crippen LogP contribution in [0.25, 0.3) is 11.1 Å². The predicted octanol–water partition coefficient (Wildman–Crippen LogP) is 0.837. The molecule has 1 amide bonds. The first-order chi connectivity index (χ1) is 13.3. The van der Waals surface area contributed by atoms with Crippen molar-refractivity contribution in [2.75, 3.05) is 12.4 Å². The SMILES string of the molecule is O=C(N[C@@H](CSS(=O)(=O)[O-])C(=O)[O-])OCC1c2ccccc2-c2ccccc21. The number of carboxylic acid groups (broad SMARTS) is 1. The molecule has 0 fully saturated rings. The highest BCUT2D eigenvalue weighted by Gasteiger charge is 2.29. The number of nitrogens with one attached hydrogen (secondary N) is 1. The highest BCUT2D eigenvalue weighted by molar-refractivity contribution is 8.69. The number of ether oxygens (including phenoxy) is 1. The first kappa shape index (κ1) is 20.2. The Morgan fingerprint density at radius 2 is 1.61 bits per heavy atom. The van der Waals surface area contributed by atoms with Crippen LogP contribution in [0.3, 0.4) is 0 Å². The van der Waals surface area contributed by atoms with Gasteiger partial charge < -0.3 is 24.5 Å². The number of carbonyl (C=O) groups is 2. The molecule has 0 spiro atoms. The van der Waals surface area contributed by atoms with Crippen LogP contribution in [0.5, 0.6) is 0 Å². The van der Waals surface area contributed by atoms with E-state index >= 15 is 0 Å². The number of carboxylic acids is 1. The first-order valence-corrected chi connectivity index (χ1v) is 11.1. The second kappa shape index (κ2) is 8.21. The van der Waals surface area contributed by atoms with E-state index in [1.165, 1.54) is 0 Å².